The molecule has 72 valence electrons. The quantitative estimate of drug-likeness (QED) is 0.733. The maximum Gasteiger partial charge on any atom is 0.123 e. The predicted octanol–water partition coefficient (Wildman–Crippen LogP) is 1.31. The van der Waals surface area contributed by atoms with Gasteiger partial charge in [-0.1, -0.05) is 12.1 Å². The van der Waals surface area contributed by atoms with Crippen LogP contribution in [0.4, 0.5) is 4.39 Å². The summed E-state index contributed by atoms with van der Waals surface area (Å²) >= 11 is 0. The summed E-state index contributed by atoms with van der Waals surface area (Å²) in [7, 11) is 3.79. The summed E-state index contributed by atoms with van der Waals surface area (Å²) in [4.78, 5) is 0. The fourth-order valence-corrected chi connectivity index (χ4v) is 1.29. The molecule has 0 heterocycles. The summed E-state index contributed by atoms with van der Waals surface area (Å²) in [5, 5.41) is 6.23. The van der Waals surface area contributed by atoms with E-state index >= 15 is 0 Å². The molecule has 2 N–H and O–H groups in total. The van der Waals surface area contributed by atoms with Crippen molar-refractivity contribution in [2.75, 3.05) is 20.6 Å². The molecule has 0 fully saturated rings. The molecular formula is C10H15FN2. The van der Waals surface area contributed by atoms with Gasteiger partial charge >= 0.3 is 0 Å². The van der Waals surface area contributed by atoms with Gasteiger partial charge in [-0.3, -0.25) is 0 Å². The normalized spacial score (nSPS) is 12.8. The van der Waals surface area contributed by atoms with Crippen LogP contribution in [0.5, 0.6) is 0 Å². The van der Waals surface area contributed by atoms with Crippen LogP contribution in [0.15, 0.2) is 24.3 Å². The van der Waals surface area contributed by atoms with Gasteiger partial charge in [0.2, 0.25) is 0 Å². The lowest BCUT2D eigenvalue weighted by molar-refractivity contribution is 0.555. The lowest BCUT2D eigenvalue weighted by atomic mass is 10.1. The van der Waals surface area contributed by atoms with Gasteiger partial charge in [-0.25, -0.2) is 4.39 Å². The zero-order valence-electron chi connectivity index (χ0n) is 7.97. The first-order valence-electron chi connectivity index (χ1n) is 4.35. The van der Waals surface area contributed by atoms with Gasteiger partial charge in [-0.2, -0.15) is 0 Å². The molecule has 1 rings (SSSR count). The van der Waals surface area contributed by atoms with E-state index in [1.807, 2.05) is 14.1 Å². The van der Waals surface area contributed by atoms with Crippen molar-refractivity contribution in [2.24, 2.45) is 0 Å². The van der Waals surface area contributed by atoms with E-state index in [2.05, 4.69) is 10.6 Å². The van der Waals surface area contributed by atoms with Crippen LogP contribution in [0, 0.1) is 5.82 Å². The third-order valence-corrected chi connectivity index (χ3v) is 2.03. The first-order chi connectivity index (χ1) is 6.27. The summed E-state index contributed by atoms with van der Waals surface area (Å²) in [5.41, 5.74) is 1.10. The molecule has 1 aromatic rings. The zero-order valence-corrected chi connectivity index (χ0v) is 7.97. The summed E-state index contributed by atoms with van der Waals surface area (Å²) in [6, 6.07) is 6.80. The average Bonchev–Trinajstić information content (AvgIpc) is 2.16. The minimum absolute atomic E-state index is 0.192. The molecule has 1 atom stereocenters. The van der Waals surface area contributed by atoms with Crippen molar-refractivity contribution in [2.45, 2.75) is 6.04 Å². The number of nitrogens with one attached hydrogen (secondary N) is 2. The zero-order chi connectivity index (χ0) is 9.68. The van der Waals surface area contributed by atoms with E-state index in [1.54, 1.807) is 12.1 Å². The number of halogens is 1. The van der Waals surface area contributed by atoms with E-state index in [-0.39, 0.29) is 11.9 Å². The number of benzene rings is 1. The van der Waals surface area contributed by atoms with E-state index in [0.29, 0.717) is 0 Å². The Balaban J connectivity index is 2.73. The first-order valence-corrected chi connectivity index (χ1v) is 4.35. The Bertz CT molecular complexity index is 246. The Morgan fingerprint density at radius 2 is 1.85 bits per heavy atom. The Labute approximate surface area is 78.2 Å². The second-order valence-electron chi connectivity index (χ2n) is 2.95. The van der Waals surface area contributed by atoms with Crippen molar-refractivity contribution in [3.8, 4) is 0 Å². The fraction of sp³-hybridized carbons (Fsp3) is 0.400. The van der Waals surface area contributed by atoms with Crippen molar-refractivity contribution in [1.29, 1.82) is 0 Å². The van der Waals surface area contributed by atoms with Crippen LogP contribution in [0.3, 0.4) is 0 Å². The maximum atomic E-state index is 12.6. The molecule has 0 radical (unpaired) electrons. The highest BCUT2D eigenvalue weighted by atomic mass is 19.1. The third kappa shape index (κ3) is 2.79. The number of hydrogen-bond acceptors (Lipinski definition) is 2. The van der Waals surface area contributed by atoms with Crippen molar-refractivity contribution in [1.82, 2.24) is 10.6 Å². The van der Waals surface area contributed by atoms with Gasteiger partial charge in [-0.15, -0.1) is 0 Å². The Kier molecular flexibility index (Phi) is 3.86. The standard InChI is InChI=1S/C10H15FN2/c1-12-7-10(13-2)8-3-5-9(11)6-4-8/h3-6,10,12-13H,7H2,1-2H3. The van der Waals surface area contributed by atoms with Gasteiger partial charge < -0.3 is 10.6 Å². The molecule has 0 saturated carbocycles. The van der Waals surface area contributed by atoms with E-state index in [9.17, 15) is 4.39 Å². The van der Waals surface area contributed by atoms with Crippen molar-refractivity contribution in [3.05, 3.63) is 35.6 Å². The van der Waals surface area contributed by atoms with Crippen LogP contribution in [-0.4, -0.2) is 20.6 Å². The smallest absolute Gasteiger partial charge is 0.123 e. The Morgan fingerprint density at radius 1 is 1.23 bits per heavy atom. The number of hydrogen-bond donors (Lipinski definition) is 2. The highest BCUT2D eigenvalue weighted by molar-refractivity contribution is 5.20. The SMILES string of the molecule is CNCC(NC)c1ccc(F)cc1. The second kappa shape index (κ2) is 4.94. The topological polar surface area (TPSA) is 24.1 Å². The first kappa shape index (κ1) is 10.2. The molecule has 13 heavy (non-hydrogen) atoms. The van der Waals surface area contributed by atoms with Gasteiger partial charge in [0.25, 0.3) is 0 Å². The highest BCUT2D eigenvalue weighted by Gasteiger charge is 2.06. The van der Waals surface area contributed by atoms with E-state index < -0.39 is 0 Å². The maximum absolute atomic E-state index is 12.6. The second-order valence-corrected chi connectivity index (χ2v) is 2.95. The van der Waals surface area contributed by atoms with E-state index in [4.69, 9.17) is 0 Å². The van der Waals surface area contributed by atoms with Gasteiger partial charge in [0.1, 0.15) is 5.82 Å². The van der Waals surface area contributed by atoms with Gasteiger partial charge in [0.05, 0.1) is 0 Å². The Hall–Kier alpha value is -0.930. The molecule has 0 aromatic heterocycles. The van der Waals surface area contributed by atoms with Crippen LogP contribution < -0.4 is 10.6 Å². The third-order valence-electron chi connectivity index (χ3n) is 2.03. The lowest BCUT2D eigenvalue weighted by Crippen LogP contribution is -2.27. The average molecular weight is 182 g/mol. The van der Waals surface area contributed by atoms with Crippen molar-refractivity contribution in [3.63, 3.8) is 0 Å². The number of likely N-dealkylation sites (N-methyl/N-ethyl adjacent to an activating group) is 2. The van der Waals surface area contributed by atoms with Crippen LogP contribution in [0.2, 0.25) is 0 Å². The number of rotatable bonds is 4. The molecule has 0 aliphatic carbocycles. The molecule has 0 bridgehead atoms. The molecule has 2 nitrogen and oxygen atoms in total. The molecule has 3 heteroatoms. The van der Waals surface area contributed by atoms with Crippen LogP contribution in [0.25, 0.3) is 0 Å². The van der Waals surface area contributed by atoms with Gasteiger partial charge in [-0.05, 0) is 31.8 Å². The summed E-state index contributed by atoms with van der Waals surface area (Å²) in [5.74, 6) is -0.192. The fourth-order valence-electron chi connectivity index (χ4n) is 1.29. The van der Waals surface area contributed by atoms with Crippen LogP contribution >= 0.6 is 0 Å². The minimum atomic E-state index is -0.192. The molecule has 0 spiro atoms. The summed E-state index contributed by atoms with van der Waals surface area (Å²) < 4.78 is 12.6. The molecule has 0 saturated heterocycles. The Morgan fingerprint density at radius 3 is 2.31 bits per heavy atom. The van der Waals surface area contributed by atoms with Crippen molar-refractivity contribution < 1.29 is 4.39 Å². The molecule has 0 amide bonds. The van der Waals surface area contributed by atoms with E-state index in [1.165, 1.54) is 12.1 Å². The lowest BCUT2D eigenvalue weighted by Gasteiger charge is -2.15. The predicted molar refractivity (Wildman–Crippen MR) is 52.1 cm³/mol. The molecule has 1 aromatic carbocycles. The molecule has 0 aliphatic heterocycles. The van der Waals surface area contributed by atoms with Crippen LogP contribution in [-0.2, 0) is 0 Å². The monoisotopic (exact) mass is 182 g/mol. The van der Waals surface area contributed by atoms with E-state index in [0.717, 1.165) is 12.1 Å². The highest BCUT2D eigenvalue weighted by Crippen LogP contribution is 2.11. The molecular weight excluding hydrogens is 167 g/mol. The largest absolute Gasteiger partial charge is 0.318 e. The molecule has 0 aliphatic rings. The summed E-state index contributed by atoms with van der Waals surface area (Å²) in [6.45, 7) is 0.835. The minimum Gasteiger partial charge on any atom is -0.318 e. The molecule has 1 unspecified atom stereocenters. The summed E-state index contributed by atoms with van der Waals surface area (Å²) in [6.07, 6.45) is 0. The van der Waals surface area contributed by atoms with Gasteiger partial charge in [0.15, 0.2) is 0 Å². The van der Waals surface area contributed by atoms with Gasteiger partial charge in [0, 0.05) is 12.6 Å². The van der Waals surface area contributed by atoms with Crippen molar-refractivity contribution >= 4 is 0 Å². The van der Waals surface area contributed by atoms with Crippen LogP contribution in [0.1, 0.15) is 11.6 Å².